The van der Waals surface area contributed by atoms with Crippen molar-refractivity contribution in [3.63, 3.8) is 0 Å². The van der Waals surface area contributed by atoms with Crippen molar-refractivity contribution in [3.8, 4) is 11.1 Å². The first-order valence-electron chi connectivity index (χ1n) is 5.59. The average molecular weight is 250 g/mol. The molecule has 0 aliphatic rings. The molecule has 0 amide bonds. The molecule has 3 nitrogen and oxygen atoms in total. The molecule has 2 rings (SSSR count). The second-order valence-corrected chi connectivity index (χ2v) is 5.69. The van der Waals surface area contributed by atoms with Crippen molar-refractivity contribution in [2.24, 2.45) is 5.41 Å². The molecule has 0 saturated heterocycles. The first-order chi connectivity index (χ1) is 7.96. The molecular weight excluding hydrogens is 234 g/mol. The molecule has 0 atom stereocenters. The molecular formula is C13H16ClN3. The second kappa shape index (κ2) is 4.49. The topological polar surface area (TPSA) is 30.7 Å². The summed E-state index contributed by atoms with van der Waals surface area (Å²) in [4.78, 5) is 4.07. The van der Waals surface area contributed by atoms with Crippen LogP contribution < -0.4 is 0 Å². The van der Waals surface area contributed by atoms with Gasteiger partial charge >= 0.3 is 0 Å². The quantitative estimate of drug-likeness (QED) is 0.761. The Hall–Kier alpha value is -1.35. The van der Waals surface area contributed by atoms with E-state index in [2.05, 4.69) is 30.9 Å². The Labute approximate surface area is 106 Å². The van der Waals surface area contributed by atoms with Gasteiger partial charge in [0.05, 0.1) is 6.20 Å². The summed E-state index contributed by atoms with van der Waals surface area (Å²) < 4.78 is 1.94. The molecule has 4 heteroatoms. The van der Waals surface area contributed by atoms with Crippen LogP contribution in [0.5, 0.6) is 0 Å². The van der Waals surface area contributed by atoms with Crippen LogP contribution in [-0.2, 0) is 6.54 Å². The molecule has 0 N–H and O–H groups in total. The zero-order valence-corrected chi connectivity index (χ0v) is 11.1. The van der Waals surface area contributed by atoms with Crippen molar-refractivity contribution in [2.75, 3.05) is 0 Å². The van der Waals surface area contributed by atoms with Crippen LogP contribution >= 0.6 is 11.6 Å². The number of hydrogen-bond acceptors (Lipinski definition) is 2. The number of pyridine rings is 1. The highest BCUT2D eigenvalue weighted by atomic mass is 35.5. The molecule has 90 valence electrons. The lowest BCUT2D eigenvalue weighted by molar-refractivity contribution is 0.325. The number of rotatable bonds is 2. The minimum atomic E-state index is 0.210. The smallest absolute Gasteiger partial charge is 0.136 e. The van der Waals surface area contributed by atoms with E-state index < -0.39 is 0 Å². The molecule has 0 spiro atoms. The van der Waals surface area contributed by atoms with Crippen molar-refractivity contribution in [1.82, 2.24) is 14.8 Å². The van der Waals surface area contributed by atoms with Gasteiger partial charge in [0.1, 0.15) is 5.15 Å². The van der Waals surface area contributed by atoms with Crippen LogP contribution in [0.25, 0.3) is 11.1 Å². The van der Waals surface area contributed by atoms with E-state index in [9.17, 15) is 0 Å². The molecule has 17 heavy (non-hydrogen) atoms. The summed E-state index contributed by atoms with van der Waals surface area (Å²) in [6, 6.07) is 3.83. The summed E-state index contributed by atoms with van der Waals surface area (Å²) >= 11 is 6.05. The summed E-state index contributed by atoms with van der Waals surface area (Å²) in [6.45, 7) is 7.44. The maximum atomic E-state index is 6.05. The molecule has 2 aromatic heterocycles. The van der Waals surface area contributed by atoms with E-state index in [-0.39, 0.29) is 5.41 Å². The fourth-order valence-corrected chi connectivity index (χ4v) is 1.90. The summed E-state index contributed by atoms with van der Waals surface area (Å²) in [5.74, 6) is 0. The lowest BCUT2D eigenvalue weighted by atomic mass is 9.97. The van der Waals surface area contributed by atoms with Crippen molar-refractivity contribution >= 4 is 11.6 Å². The van der Waals surface area contributed by atoms with Crippen LogP contribution in [-0.4, -0.2) is 14.8 Å². The zero-order chi connectivity index (χ0) is 12.5. The molecule has 2 aromatic rings. The summed E-state index contributed by atoms with van der Waals surface area (Å²) in [5, 5.41) is 4.87. The summed E-state index contributed by atoms with van der Waals surface area (Å²) in [5.41, 5.74) is 2.14. The molecule has 2 heterocycles. The van der Waals surface area contributed by atoms with Crippen molar-refractivity contribution in [3.05, 3.63) is 35.9 Å². The lowest BCUT2D eigenvalue weighted by Crippen LogP contribution is -2.15. The molecule has 0 fully saturated rings. The fraction of sp³-hybridized carbons (Fsp3) is 0.385. The third-order valence-corrected chi connectivity index (χ3v) is 2.64. The van der Waals surface area contributed by atoms with Gasteiger partial charge in [0.15, 0.2) is 0 Å². The van der Waals surface area contributed by atoms with Gasteiger partial charge < -0.3 is 0 Å². The maximum absolute atomic E-state index is 6.05. The van der Waals surface area contributed by atoms with Crippen molar-refractivity contribution in [1.29, 1.82) is 0 Å². The van der Waals surface area contributed by atoms with Gasteiger partial charge in [-0.1, -0.05) is 32.4 Å². The van der Waals surface area contributed by atoms with E-state index in [1.807, 2.05) is 29.2 Å². The molecule has 0 aromatic carbocycles. The minimum Gasteiger partial charge on any atom is -0.272 e. The summed E-state index contributed by atoms with van der Waals surface area (Å²) in [6.07, 6.45) is 5.52. The third kappa shape index (κ3) is 3.07. The largest absolute Gasteiger partial charge is 0.272 e. The highest BCUT2D eigenvalue weighted by Gasteiger charge is 2.13. The molecule has 0 unspecified atom stereocenters. The van der Waals surface area contributed by atoms with Crippen LogP contribution in [0.4, 0.5) is 0 Å². The maximum Gasteiger partial charge on any atom is 0.136 e. The molecule has 0 bridgehead atoms. The number of hydrogen-bond donors (Lipinski definition) is 0. The van der Waals surface area contributed by atoms with Crippen LogP contribution in [0.15, 0.2) is 30.7 Å². The summed E-state index contributed by atoms with van der Waals surface area (Å²) in [7, 11) is 0. The van der Waals surface area contributed by atoms with Gasteiger partial charge in [0.2, 0.25) is 0 Å². The molecule has 0 aliphatic heterocycles. The monoisotopic (exact) mass is 249 g/mol. The van der Waals surface area contributed by atoms with E-state index >= 15 is 0 Å². The van der Waals surface area contributed by atoms with E-state index in [0.29, 0.717) is 5.15 Å². The van der Waals surface area contributed by atoms with Gasteiger partial charge in [0.25, 0.3) is 0 Å². The lowest BCUT2D eigenvalue weighted by Gasteiger charge is -2.17. The highest BCUT2D eigenvalue weighted by Crippen LogP contribution is 2.26. The molecule has 0 aliphatic carbocycles. The van der Waals surface area contributed by atoms with E-state index in [1.54, 1.807) is 6.20 Å². The molecule has 0 radical (unpaired) electrons. The fourth-order valence-electron chi connectivity index (χ4n) is 1.68. The predicted octanol–water partition coefficient (Wildman–Crippen LogP) is 3.64. The Morgan fingerprint density at radius 1 is 1.35 bits per heavy atom. The normalized spacial score (nSPS) is 11.8. The first-order valence-corrected chi connectivity index (χ1v) is 5.97. The number of aromatic nitrogens is 3. The number of halogens is 1. The van der Waals surface area contributed by atoms with Gasteiger partial charge in [-0.2, -0.15) is 5.10 Å². The number of nitrogens with zero attached hydrogens (tertiary/aromatic N) is 3. The predicted molar refractivity (Wildman–Crippen MR) is 69.9 cm³/mol. The van der Waals surface area contributed by atoms with Gasteiger partial charge in [-0.05, 0) is 17.5 Å². The second-order valence-electron chi connectivity index (χ2n) is 5.33. The first kappa shape index (κ1) is 12.1. The van der Waals surface area contributed by atoms with Crippen LogP contribution in [0, 0.1) is 5.41 Å². The van der Waals surface area contributed by atoms with Crippen LogP contribution in [0.3, 0.4) is 0 Å². The average Bonchev–Trinajstić information content (AvgIpc) is 2.64. The van der Waals surface area contributed by atoms with E-state index in [1.165, 1.54) is 0 Å². The minimum absolute atomic E-state index is 0.210. The SMILES string of the molecule is CC(C)(C)Cn1cc(-c2cccnc2Cl)cn1. The van der Waals surface area contributed by atoms with E-state index in [0.717, 1.165) is 17.7 Å². The molecule has 0 saturated carbocycles. The van der Waals surface area contributed by atoms with Crippen molar-refractivity contribution in [2.45, 2.75) is 27.3 Å². The van der Waals surface area contributed by atoms with Crippen LogP contribution in [0.2, 0.25) is 5.15 Å². The van der Waals surface area contributed by atoms with Gasteiger partial charge in [-0.15, -0.1) is 0 Å². The highest BCUT2D eigenvalue weighted by molar-refractivity contribution is 6.32. The van der Waals surface area contributed by atoms with Crippen LogP contribution in [0.1, 0.15) is 20.8 Å². The Bertz CT molecular complexity index is 511. The van der Waals surface area contributed by atoms with E-state index in [4.69, 9.17) is 11.6 Å². The van der Waals surface area contributed by atoms with Gasteiger partial charge in [0, 0.05) is 30.1 Å². The Morgan fingerprint density at radius 3 is 2.76 bits per heavy atom. The Morgan fingerprint density at radius 2 is 2.12 bits per heavy atom. The van der Waals surface area contributed by atoms with Gasteiger partial charge in [-0.25, -0.2) is 4.98 Å². The van der Waals surface area contributed by atoms with Gasteiger partial charge in [-0.3, -0.25) is 4.68 Å². The van der Waals surface area contributed by atoms with Crippen molar-refractivity contribution < 1.29 is 0 Å². The Kier molecular flexibility index (Phi) is 3.20. The third-order valence-electron chi connectivity index (χ3n) is 2.34. The Balaban J connectivity index is 2.28. The standard InChI is InChI=1S/C13H16ClN3/c1-13(2,3)9-17-8-10(7-16-17)11-5-4-6-15-12(11)14/h4-8H,9H2,1-3H3. The zero-order valence-electron chi connectivity index (χ0n) is 10.3.